The largest absolute Gasteiger partial charge is 0.479 e. The van der Waals surface area contributed by atoms with Crippen molar-refractivity contribution in [2.75, 3.05) is 0 Å². The average Bonchev–Trinajstić information content (AvgIpc) is 2.03. The number of carbonyl (C=O) groups is 1. The lowest BCUT2D eigenvalue weighted by molar-refractivity contribution is -0.147. The maximum Gasteiger partial charge on any atom is 0.337 e. The molecule has 0 heterocycles. The maximum atomic E-state index is 13.0. The van der Waals surface area contributed by atoms with E-state index in [2.05, 4.69) is 15.9 Å². The van der Waals surface area contributed by atoms with Crippen molar-refractivity contribution in [2.45, 2.75) is 6.10 Å². The molecule has 0 aromatic heterocycles. The number of benzene rings is 1. The van der Waals surface area contributed by atoms with Crippen molar-refractivity contribution in [1.29, 1.82) is 0 Å². The molecule has 0 fully saturated rings. The third kappa shape index (κ3) is 2.05. The summed E-state index contributed by atoms with van der Waals surface area (Å²) < 4.78 is 13.2. The summed E-state index contributed by atoms with van der Waals surface area (Å²) in [6.45, 7) is 0. The van der Waals surface area contributed by atoms with Crippen molar-refractivity contribution < 1.29 is 19.4 Å². The number of halogens is 2. The zero-order valence-corrected chi connectivity index (χ0v) is 7.95. The SMILES string of the molecule is O=C(O)C(O)c1c(F)cccc1Br. The van der Waals surface area contributed by atoms with Crippen LogP contribution in [-0.4, -0.2) is 16.2 Å². The summed E-state index contributed by atoms with van der Waals surface area (Å²) in [4.78, 5) is 10.4. The van der Waals surface area contributed by atoms with E-state index < -0.39 is 17.9 Å². The minimum atomic E-state index is -1.84. The van der Waals surface area contributed by atoms with E-state index in [4.69, 9.17) is 10.2 Å². The molecule has 0 radical (unpaired) electrons. The van der Waals surface area contributed by atoms with Gasteiger partial charge in [-0.25, -0.2) is 9.18 Å². The number of aliphatic hydroxyl groups is 1. The van der Waals surface area contributed by atoms with Gasteiger partial charge in [0.1, 0.15) is 5.82 Å². The van der Waals surface area contributed by atoms with Crippen LogP contribution >= 0.6 is 15.9 Å². The van der Waals surface area contributed by atoms with Crippen molar-refractivity contribution >= 4 is 21.9 Å². The van der Waals surface area contributed by atoms with E-state index in [9.17, 15) is 9.18 Å². The van der Waals surface area contributed by atoms with Gasteiger partial charge in [0.05, 0.1) is 0 Å². The Morgan fingerprint density at radius 2 is 2.15 bits per heavy atom. The first-order chi connectivity index (χ1) is 6.04. The lowest BCUT2D eigenvalue weighted by atomic mass is 10.1. The van der Waals surface area contributed by atoms with E-state index in [1.54, 1.807) is 0 Å². The van der Waals surface area contributed by atoms with Gasteiger partial charge in [-0.1, -0.05) is 22.0 Å². The zero-order chi connectivity index (χ0) is 10.0. The Labute approximate surface area is 81.9 Å². The van der Waals surface area contributed by atoms with Crippen LogP contribution in [-0.2, 0) is 4.79 Å². The van der Waals surface area contributed by atoms with E-state index >= 15 is 0 Å². The van der Waals surface area contributed by atoms with Crippen LogP contribution in [0.1, 0.15) is 11.7 Å². The second kappa shape index (κ2) is 3.85. The molecule has 70 valence electrons. The summed E-state index contributed by atoms with van der Waals surface area (Å²) >= 11 is 2.95. The fraction of sp³-hybridized carbons (Fsp3) is 0.125. The molecule has 1 rings (SSSR count). The first-order valence-corrected chi connectivity index (χ1v) is 4.18. The Hall–Kier alpha value is -0.940. The number of aliphatic carboxylic acids is 1. The standard InChI is InChI=1S/C8H6BrFO3/c9-4-2-1-3-5(10)6(4)7(11)8(12)13/h1-3,7,11H,(H,12,13). The average molecular weight is 249 g/mol. The third-order valence-corrected chi connectivity index (χ3v) is 2.20. The van der Waals surface area contributed by atoms with Gasteiger partial charge in [-0.15, -0.1) is 0 Å². The van der Waals surface area contributed by atoms with Gasteiger partial charge >= 0.3 is 5.97 Å². The van der Waals surface area contributed by atoms with Gasteiger partial charge in [0.25, 0.3) is 0 Å². The number of hydrogen-bond acceptors (Lipinski definition) is 2. The van der Waals surface area contributed by atoms with Crippen molar-refractivity contribution in [2.24, 2.45) is 0 Å². The van der Waals surface area contributed by atoms with Gasteiger partial charge in [-0.3, -0.25) is 0 Å². The molecule has 2 N–H and O–H groups in total. The van der Waals surface area contributed by atoms with E-state index in [1.165, 1.54) is 12.1 Å². The lowest BCUT2D eigenvalue weighted by Crippen LogP contribution is -2.12. The van der Waals surface area contributed by atoms with Crippen molar-refractivity contribution in [3.8, 4) is 0 Å². The normalized spacial score (nSPS) is 12.5. The minimum Gasteiger partial charge on any atom is -0.479 e. The van der Waals surface area contributed by atoms with Gasteiger partial charge < -0.3 is 10.2 Å². The highest BCUT2D eigenvalue weighted by molar-refractivity contribution is 9.10. The Kier molecular flexibility index (Phi) is 3.00. The molecule has 0 aliphatic rings. The van der Waals surface area contributed by atoms with Crippen LogP contribution in [0, 0.1) is 5.82 Å². The molecular weight excluding hydrogens is 243 g/mol. The predicted octanol–water partition coefficient (Wildman–Crippen LogP) is 1.71. The first kappa shape index (κ1) is 10.1. The predicted molar refractivity (Wildman–Crippen MR) is 46.7 cm³/mol. The second-order valence-corrected chi connectivity index (χ2v) is 3.23. The summed E-state index contributed by atoms with van der Waals surface area (Å²) in [5, 5.41) is 17.5. The first-order valence-electron chi connectivity index (χ1n) is 3.39. The molecule has 0 aliphatic carbocycles. The summed E-state index contributed by atoms with van der Waals surface area (Å²) in [6.07, 6.45) is -1.84. The second-order valence-electron chi connectivity index (χ2n) is 2.38. The fourth-order valence-electron chi connectivity index (χ4n) is 0.895. The quantitative estimate of drug-likeness (QED) is 0.838. The Morgan fingerprint density at radius 3 is 2.62 bits per heavy atom. The van der Waals surface area contributed by atoms with Gasteiger partial charge in [0, 0.05) is 10.0 Å². The molecule has 1 unspecified atom stereocenters. The molecule has 13 heavy (non-hydrogen) atoms. The van der Waals surface area contributed by atoms with E-state index in [0.29, 0.717) is 0 Å². The summed E-state index contributed by atoms with van der Waals surface area (Å²) in [7, 11) is 0. The minimum absolute atomic E-state index is 0.238. The molecular formula is C8H6BrFO3. The van der Waals surface area contributed by atoms with Gasteiger partial charge in [0.2, 0.25) is 0 Å². The van der Waals surface area contributed by atoms with Gasteiger partial charge in [0.15, 0.2) is 6.10 Å². The fourth-order valence-corrected chi connectivity index (χ4v) is 1.45. The van der Waals surface area contributed by atoms with Crippen LogP contribution in [0.15, 0.2) is 22.7 Å². The molecule has 3 nitrogen and oxygen atoms in total. The number of rotatable bonds is 2. The van der Waals surface area contributed by atoms with E-state index in [1.807, 2.05) is 0 Å². The van der Waals surface area contributed by atoms with Crippen LogP contribution in [0.3, 0.4) is 0 Å². The highest BCUT2D eigenvalue weighted by Gasteiger charge is 2.22. The molecule has 1 atom stereocenters. The molecule has 0 aliphatic heterocycles. The van der Waals surface area contributed by atoms with Crippen LogP contribution < -0.4 is 0 Å². The summed E-state index contributed by atoms with van der Waals surface area (Å²) in [6, 6.07) is 3.97. The highest BCUT2D eigenvalue weighted by atomic mass is 79.9. The molecule has 0 saturated heterocycles. The van der Waals surface area contributed by atoms with Crippen molar-refractivity contribution in [1.82, 2.24) is 0 Å². The molecule has 0 amide bonds. The third-order valence-electron chi connectivity index (χ3n) is 1.51. The monoisotopic (exact) mass is 248 g/mol. The zero-order valence-electron chi connectivity index (χ0n) is 6.37. The smallest absolute Gasteiger partial charge is 0.337 e. The van der Waals surface area contributed by atoms with Crippen LogP contribution in [0.25, 0.3) is 0 Å². The molecule has 0 bridgehead atoms. The van der Waals surface area contributed by atoms with Crippen molar-refractivity contribution in [3.05, 3.63) is 34.1 Å². The maximum absolute atomic E-state index is 13.0. The van der Waals surface area contributed by atoms with Crippen LogP contribution in [0.2, 0.25) is 0 Å². The summed E-state index contributed by atoms with van der Waals surface area (Å²) in [5.41, 5.74) is -0.255. The number of carboxylic acids is 1. The number of aliphatic hydroxyl groups excluding tert-OH is 1. The molecule has 1 aromatic carbocycles. The molecule has 0 saturated carbocycles. The van der Waals surface area contributed by atoms with E-state index in [0.717, 1.165) is 6.07 Å². The number of hydrogen-bond donors (Lipinski definition) is 2. The Morgan fingerprint density at radius 1 is 1.54 bits per heavy atom. The van der Waals surface area contributed by atoms with Gasteiger partial charge in [-0.2, -0.15) is 0 Å². The Balaban J connectivity index is 3.20. The molecule has 1 aromatic rings. The highest BCUT2D eigenvalue weighted by Crippen LogP contribution is 2.26. The van der Waals surface area contributed by atoms with Crippen LogP contribution in [0.5, 0.6) is 0 Å². The Bertz CT molecular complexity index is 320. The van der Waals surface area contributed by atoms with E-state index in [-0.39, 0.29) is 10.0 Å². The molecule has 0 spiro atoms. The topological polar surface area (TPSA) is 57.5 Å². The summed E-state index contributed by atoms with van der Waals surface area (Å²) in [5.74, 6) is -2.23. The number of carboxylic acid groups (broad SMARTS) is 1. The van der Waals surface area contributed by atoms with Gasteiger partial charge in [-0.05, 0) is 12.1 Å². The van der Waals surface area contributed by atoms with Crippen molar-refractivity contribution in [3.63, 3.8) is 0 Å². The molecule has 5 heteroatoms. The van der Waals surface area contributed by atoms with Crippen LogP contribution in [0.4, 0.5) is 4.39 Å². The lowest BCUT2D eigenvalue weighted by Gasteiger charge is -2.08.